The number of nitrogens with two attached hydrogens (primary N) is 1. The van der Waals surface area contributed by atoms with Crippen molar-refractivity contribution in [1.29, 1.82) is 0 Å². The Morgan fingerprint density at radius 2 is 1.65 bits per heavy atom. The van der Waals surface area contributed by atoms with Crippen LogP contribution in [0.2, 0.25) is 0 Å². The number of nitrogens with one attached hydrogen (secondary N) is 1. The quantitative estimate of drug-likeness (QED) is 0.708. The van der Waals surface area contributed by atoms with E-state index in [0.29, 0.717) is 17.2 Å². The number of carbonyl (C=O) groups is 2. The zero-order valence-corrected chi connectivity index (χ0v) is 13.9. The van der Waals surface area contributed by atoms with Gasteiger partial charge in [0.15, 0.2) is 6.61 Å². The van der Waals surface area contributed by atoms with Crippen molar-refractivity contribution in [1.82, 2.24) is 5.32 Å². The first-order valence-electron chi connectivity index (χ1n) is 7.35. The van der Waals surface area contributed by atoms with E-state index in [1.54, 1.807) is 18.2 Å². The number of benzene rings is 1. The van der Waals surface area contributed by atoms with E-state index >= 15 is 0 Å². The molecule has 0 aromatic heterocycles. The second-order valence-electron chi connectivity index (χ2n) is 5.17. The van der Waals surface area contributed by atoms with Gasteiger partial charge in [0.05, 0.1) is 14.2 Å². The van der Waals surface area contributed by atoms with Crippen molar-refractivity contribution in [2.24, 2.45) is 11.7 Å². The van der Waals surface area contributed by atoms with Crippen LogP contribution < -0.4 is 25.3 Å². The lowest BCUT2D eigenvalue weighted by atomic mass is 9.99. The van der Waals surface area contributed by atoms with Crippen molar-refractivity contribution in [3.05, 3.63) is 18.2 Å². The maximum atomic E-state index is 12.0. The number of hydrogen-bond acceptors (Lipinski definition) is 5. The SMILES string of the molecule is CCC(C)C(NC(=O)COc1cc(OC)cc(OC)c1)C(N)=O. The van der Waals surface area contributed by atoms with Crippen LogP contribution in [0, 0.1) is 5.92 Å². The molecule has 7 nitrogen and oxygen atoms in total. The number of carbonyl (C=O) groups excluding carboxylic acids is 2. The van der Waals surface area contributed by atoms with Crippen LogP contribution in [0.4, 0.5) is 0 Å². The number of rotatable bonds is 9. The normalized spacial score (nSPS) is 12.9. The number of methoxy groups -OCH3 is 2. The molecule has 128 valence electrons. The zero-order valence-electron chi connectivity index (χ0n) is 13.9. The van der Waals surface area contributed by atoms with Gasteiger partial charge in [0.25, 0.3) is 5.91 Å². The molecule has 0 bridgehead atoms. The molecule has 0 aliphatic rings. The summed E-state index contributed by atoms with van der Waals surface area (Å²) in [7, 11) is 3.05. The Morgan fingerprint density at radius 3 is 2.09 bits per heavy atom. The van der Waals surface area contributed by atoms with E-state index in [1.165, 1.54) is 14.2 Å². The van der Waals surface area contributed by atoms with Gasteiger partial charge in [-0.05, 0) is 5.92 Å². The topological polar surface area (TPSA) is 99.9 Å². The summed E-state index contributed by atoms with van der Waals surface area (Å²) in [4.78, 5) is 23.4. The molecule has 0 heterocycles. The summed E-state index contributed by atoms with van der Waals surface area (Å²) in [5.41, 5.74) is 5.32. The van der Waals surface area contributed by atoms with Gasteiger partial charge in [-0.3, -0.25) is 9.59 Å². The summed E-state index contributed by atoms with van der Waals surface area (Å²) in [6.07, 6.45) is 0.724. The van der Waals surface area contributed by atoms with E-state index in [2.05, 4.69) is 5.32 Å². The molecule has 0 aliphatic carbocycles. The maximum Gasteiger partial charge on any atom is 0.258 e. The molecule has 0 radical (unpaired) electrons. The standard InChI is InChI=1S/C16H24N2O5/c1-5-10(2)15(16(17)20)18-14(19)9-23-13-7-11(21-3)6-12(8-13)22-4/h6-8,10,15H,5,9H2,1-4H3,(H2,17,20)(H,18,19). The van der Waals surface area contributed by atoms with E-state index in [4.69, 9.17) is 19.9 Å². The van der Waals surface area contributed by atoms with Gasteiger partial charge in [0.2, 0.25) is 5.91 Å². The van der Waals surface area contributed by atoms with Crippen LogP contribution in [-0.2, 0) is 9.59 Å². The molecule has 0 fully saturated rings. The third-order valence-corrected chi connectivity index (χ3v) is 3.53. The van der Waals surface area contributed by atoms with Gasteiger partial charge in [0.1, 0.15) is 23.3 Å². The highest BCUT2D eigenvalue weighted by Crippen LogP contribution is 2.27. The van der Waals surface area contributed by atoms with Crippen molar-refractivity contribution in [3.8, 4) is 17.2 Å². The minimum absolute atomic E-state index is 0.0478. The van der Waals surface area contributed by atoms with E-state index in [1.807, 2.05) is 13.8 Å². The Balaban J connectivity index is 2.67. The third kappa shape index (κ3) is 5.69. The average molecular weight is 324 g/mol. The van der Waals surface area contributed by atoms with E-state index in [-0.39, 0.29) is 12.5 Å². The Morgan fingerprint density at radius 1 is 1.13 bits per heavy atom. The van der Waals surface area contributed by atoms with E-state index in [0.717, 1.165) is 6.42 Å². The predicted octanol–water partition coefficient (Wildman–Crippen LogP) is 1.10. The van der Waals surface area contributed by atoms with Gasteiger partial charge in [0, 0.05) is 18.2 Å². The summed E-state index contributed by atoms with van der Waals surface area (Å²) >= 11 is 0. The fourth-order valence-corrected chi connectivity index (χ4v) is 1.96. The summed E-state index contributed by atoms with van der Waals surface area (Å²) < 4.78 is 15.7. The molecule has 7 heteroatoms. The Bertz CT molecular complexity index is 525. The molecular weight excluding hydrogens is 300 g/mol. The second kappa shape index (κ2) is 8.87. The largest absolute Gasteiger partial charge is 0.496 e. The van der Waals surface area contributed by atoms with Gasteiger partial charge in [-0.25, -0.2) is 0 Å². The first kappa shape index (κ1) is 18.6. The molecule has 0 spiro atoms. The molecule has 0 saturated heterocycles. The zero-order chi connectivity index (χ0) is 17.4. The molecule has 2 atom stereocenters. The minimum atomic E-state index is -0.712. The van der Waals surface area contributed by atoms with Crippen LogP contribution in [-0.4, -0.2) is 38.7 Å². The highest BCUT2D eigenvalue weighted by Gasteiger charge is 2.23. The number of amides is 2. The molecule has 0 aliphatic heterocycles. The number of ether oxygens (including phenoxy) is 3. The van der Waals surface area contributed by atoms with Crippen LogP contribution in [0.3, 0.4) is 0 Å². The van der Waals surface area contributed by atoms with Crippen LogP contribution in [0.1, 0.15) is 20.3 Å². The lowest BCUT2D eigenvalue weighted by Gasteiger charge is -2.21. The highest BCUT2D eigenvalue weighted by atomic mass is 16.5. The average Bonchev–Trinajstić information content (AvgIpc) is 2.56. The van der Waals surface area contributed by atoms with Crippen LogP contribution in [0.15, 0.2) is 18.2 Å². The van der Waals surface area contributed by atoms with Crippen molar-refractivity contribution >= 4 is 11.8 Å². The first-order chi connectivity index (χ1) is 10.9. The molecule has 2 unspecified atom stereocenters. The predicted molar refractivity (Wildman–Crippen MR) is 85.6 cm³/mol. The van der Waals surface area contributed by atoms with Crippen molar-refractivity contribution in [2.75, 3.05) is 20.8 Å². The minimum Gasteiger partial charge on any atom is -0.496 e. The smallest absolute Gasteiger partial charge is 0.258 e. The van der Waals surface area contributed by atoms with Crippen molar-refractivity contribution in [3.63, 3.8) is 0 Å². The highest BCUT2D eigenvalue weighted by molar-refractivity contribution is 5.87. The third-order valence-electron chi connectivity index (χ3n) is 3.53. The summed E-state index contributed by atoms with van der Waals surface area (Å²) in [6, 6.07) is 4.25. The van der Waals surface area contributed by atoms with Gasteiger partial charge in [-0.1, -0.05) is 20.3 Å². The van der Waals surface area contributed by atoms with Gasteiger partial charge in [-0.15, -0.1) is 0 Å². The van der Waals surface area contributed by atoms with Crippen LogP contribution in [0.25, 0.3) is 0 Å². The lowest BCUT2D eigenvalue weighted by molar-refractivity contribution is -0.129. The fourth-order valence-electron chi connectivity index (χ4n) is 1.96. The lowest BCUT2D eigenvalue weighted by Crippen LogP contribution is -2.49. The van der Waals surface area contributed by atoms with Gasteiger partial charge < -0.3 is 25.3 Å². The monoisotopic (exact) mass is 324 g/mol. The molecule has 1 aromatic rings. The second-order valence-corrected chi connectivity index (χ2v) is 5.17. The molecule has 3 N–H and O–H groups in total. The molecule has 1 rings (SSSR count). The Labute approximate surface area is 136 Å². The maximum absolute atomic E-state index is 12.0. The summed E-state index contributed by atoms with van der Waals surface area (Å²) in [5, 5.41) is 2.59. The Kier molecular flexibility index (Phi) is 7.18. The number of hydrogen-bond donors (Lipinski definition) is 2. The fraction of sp³-hybridized carbons (Fsp3) is 0.500. The van der Waals surface area contributed by atoms with Gasteiger partial charge in [-0.2, -0.15) is 0 Å². The van der Waals surface area contributed by atoms with E-state index < -0.39 is 17.9 Å². The van der Waals surface area contributed by atoms with Crippen molar-refractivity contribution < 1.29 is 23.8 Å². The first-order valence-corrected chi connectivity index (χ1v) is 7.35. The van der Waals surface area contributed by atoms with Gasteiger partial charge >= 0.3 is 0 Å². The molecular formula is C16H24N2O5. The van der Waals surface area contributed by atoms with Crippen LogP contribution >= 0.6 is 0 Å². The summed E-state index contributed by atoms with van der Waals surface area (Å²) in [5.74, 6) is 0.499. The molecule has 0 saturated carbocycles. The van der Waals surface area contributed by atoms with Crippen LogP contribution in [0.5, 0.6) is 17.2 Å². The molecule has 2 amide bonds. The summed E-state index contributed by atoms with van der Waals surface area (Å²) in [6.45, 7) is 3.53. The van der Waals surface area contributed by atoms with E-state index in [9.17, 15) is 9.59 Å². The van der Waals surface area contributed by atoms with Crippen molar-refractivity contribution in [2.45, 2.75) is 26.3 Å². The molecule has 1 aromatic carbocycles. The Hall–Kier alpha value is -2.44. The number of primary amides is 1. The molecule has 23 heavy (non-hydrogen) atoms.